The molecule has 0 saturated heterocycles. The molecule has 1 nitrogen and oxygen atoms in total. The van der Waals surface area contributed by atoms with Gasteiger partial charge in [-0.2, -0.15) is 0 Å². The highest BCUT2D eigenvalue weighted by molar-refractivity contribution is 6.76. The number of benzene rings is 3. The van der Waals surface area contributed by atoms with Gasteiger partial charge in [0.25, 0.3) is 0 Å². The molecule has 31 heavy (non-hydrogen) atoms. The Labute approximate surface area is 189 Å². The third-order valence-corrected chi connectivity index (χ3v) is 6.83. The van der Waals surface area contributed by atoms with Crippen molar-refractivity contribution in [2.24, 2.45) is 0 Å². The first kappa shape index (κ1) is 23.0. The van der Waals surface area contributed by atoms with Crippen LogP contribution in [0.3, 0.4) is 0 Å². The average Bonchev–Trinajstić information content (AvgIpc) is 2.78. The molecule has 3 aromatic carbocycles. The summed E-state index contributed by atoms with van der Waals surface area (Å²) < 4.78 is 6.82. The third kappa shape index (κ3) is 6.16. The zero-order valence-corrected chi connectivity index (χ0v) is 20.1. The lowest BCUT2D eigenvalue weighted by atomic mass is 9.80. The quantitative estimate of drug-likeness (QED) is 0.182. The van der Waals surface area contributed by atoms with Crippen LogP contribution in [0.15, 0.2) is 115 Å². The molecule has 0 unspecified atom stereocenters. The summed E-state index contributed by atoms with van der Waals surface area (Å²) >= 11 is 0. The van der Waals surface area contributed by atoms with E-state index in [1.165, 1.54) is 6.04 Å². The van der Waals surface area contributed by atoms with Crippen molar-refractivity contribution in [3.8, 4) is 0 Å². The van der Waals surface area contributed by atoms with Crippen LogP contribution >= 0.6 is 0 Å². The van der Waals surface area contributed by atoms with Gasteiger partial charge in [0, 0.05) is 8.07 Å². The molecule has 0 aromatic heterocycles. The summed E-state index contributed by atoms with van der Waals surface area (Å²) in [5.41, 5.74) is 3.85. The highest BCUT2D eigenvalue weighted by Gasteiger charge is 2.37. The molecule has 0 aliphatic heterocycles. The highest BCUT2D eigenvalue weighted by Crippen LogP contribution is 2.40. The summed E-state index contributed by atoms with van der Waals surface area (Å²) in [6.07, 6.45) is 5.26. The van der Waals surface area contributed by atoms with Crippen LogP contribution in [-0.4, -0.2) is 14.7 Å². The standard InChI is InChI=1S/C29H34OSi/c1-25(15-14-24-31(2,3)4)22-23-30-29(26-16-8-5-9-17-26,27-18-10-6-11-19-27)28-20-12-7-13-21-28/h5-21H,1,22-24H2,2-4H3/b15-14+. The lowest BCUT2D eigenvalue weighted by Crippen LogP contribution is -2.33. The van der Waals surface area contributed by atoms with Crippen molar-refractivity contribution in [2.75, 3.05) is 6.61 Å². The van der Waals surface area contributed by atoms with Crippen LogP contribution < -0.4 is 0 Å². The molecule has 0 radical (unpaired) electrons. The number of rotatable bonds is 10. The van der Waals surface area contributed by atoms with Gasteiger partial charge in [-0.25, -0.2) is 0 Å². The molecule has 0 amide bonds. The van der Waals surface area contributed by atoms with Gasteiger partial charge in [0.2, 0.25) is 0 Å². The van der Waals surface area contributed by atoms with Crippen LogP contribution in [0, 0.1) is 0 Å². The molecular formula is C29H34OSi. The van der Waals surface area contributed by atoms with Gasteiger partial charge in [0.15, 0.2) is 0 Å². The van der Waals surface area contributed by atoms with Crippen LogP contribution in [0.4, 0.5) is 0 Å². The van der Waals surface area contributed by atoms with Gasteiger partial charge in [-0.05, 0) is 29.2 Å². The fourth-order valence-corrected chi connectivity index (χ4v) is 4.59. The Balaban J connectivity index is 1.91. The lowest BCUT2D eigenvalue weighted by Gasteiger charge is -2.36. The van der Waals surface area contributed by atoms with Crippen molar-refractivity contribution in [2.45, 2.75) is 37.7 Å². The average molecular weight is 427 g/mol. The second-order valence-corrected chi connectivity index (χ2v) is 14.7. The molecular weight excluding hydrogens is 392 g/mol. The Morgan fingerprint density at radius 2 is 1.19 bits per heavy atom. The molecule has 0 saturated carbocycles. The van der Waals surface area contributed by atoms with Gasteiger partial charge in [-0.15, -0.1) is 0 Å². The second kappa shape index (κ2) is 10.6. The molecule has 2 heteroatoms. The summed E-state index contributed by atoms with van der Waals surface area (Å²) in [5.74, 6) is 0. The molecule has 0 fully saturated rings. The van der Waals surface area contributed by atoms with Crippen LogP contribution in [0.5, 0.6) is 0 Å². The van der Waals surface area contributed by atoms with E-state index in [0.717, 1.165) is 28.7 Å². The minimum Gasteiger partial charge on any atom is -0.360 e. The third-order valence-electron chi connectivity index (χ3n) is 5.37. The first-order valence-corrected chi connectivity index (χ1v) is 14.8. The van der Waals surface area contributed by atoms with Crippen molar-refractivity contribution in [1.82, 2.24) is 0 Å². The number of hydrogen-bond acceptors (Lipinski definition) is 1. The summed E-state index contributed by atoms with van der Waals surface area (Å²) in [7, 11) is -1.08. The lowest BCUT2D eigenvalue weighted by molar-refractivity contribution is 0.0151. The van der Waals surface area contributed by atoms with Gasteiger partial charge in [0.05, 0.1) is 6.61 Å². The fourth-order valence-electron chi connectivity index (χ4n) is 3.77. The summed E-state index contributed by atoms with van der Waals surface area (Å²) in [6, 6.07) is 32.7. The molecule has 3 rings (SSSR count). The number of hydrogen-bond donors (Lipinski definition) is 0. The molecule has 0 heterocycles. The van der Waals surface area contributed by atoms with E-state index >= 15 is 0 Å². The zero-order valence-electron chi connectivity index (χ0n) is 19.1. The maximum Gasteiger partial charge on any atom is 0.143 e. The van der Waals surface area contributed by atoms with Gasteiger partial charge in [-0.3, -0.25) is 0 Å². The van der Waals surface area contributed by atoms with E-state index in [9.17, 15) is 0 Å². The molecule has 3 aromatic rings. The first-order chi connectivity index (χ1) is 14.9. The maximum absolute atomic E-state index is 6.82. The molecule has 0 aliphatic rings. The topological polar surface area (TPSA) is 9.23 Å². The Morgan fingerprint density at radius 1 is 0.774 bits per heavy atom. The van der Waals surface area contributed by atoms with E-state index in [2.05, 4.69) is 129 Å². The Hall–Kier alpha value is -2.68. The number of ether oxygens (including phenoxy) is 1. The minimum absolute atomic E-state index is 0.592. The summed E-state index contributed by atoms with van der Waals surface area (Å²) in [5, 5.41) is 0. The maximum atomic E-state index is 6.82. The molecule has 0 N–H and O–H groups in total. The smallest absolute Gasteiger partial charge is 0.143 e. The largest absolute Gasteiger partial charge is 0.360 e. The second-order valence-electron chi connectivity index (χ2n) is 9.20. The predicted molar refractivity (Wildman–Crippen MR) is 136 cm³/mol. The van der Waals surface area contributed by atoms with E-state index in [1.54, 1.807) is 0 Å². The minimum atomic E-state index is -1.08. The van der Waals surface area contributed by atoms with Crippen molar-refractivity contribution in [3.63, 3.8) is 0 Å². The normalized spacial score (nSPS) is 12.2. The van der Waals surface area contributed by atoms with Crippen molar-refractivity contribution in [3.05, 3.63) is 132 Å². The fraction of sp³-hybridized carbons (Fsp3) is 0.241. The van der Waals surface area contributed by atoms with Gasteiger partial charge in [0.1, 0.15) is 5.60 Å². The summed E-state index contributed by atoms with van der Waals surface area (Å²) in [4.78, 5) is 0. The molecule has 0 bridgehead atoms. The van der Waals surface area contributed by atoms with Gasteiger partial charge < -0.3 is 4.74 Å². The summed E-state index contributed by atoms with van der Waals surface area (Å²) in [6.45, 7) is 12.0. The van der Waals surface area contributed by atoms with Crippen molar-refractivity contribution >= 4 is 8.07 Å². The Morgan fingerprint density at radius 3 is 1.58 bits per heavy atom. The SMILES string of the molecule is C=C(/C=C/C[Si](C)(C)C)CCOC(c1ccccc1)(c1ccccc1)c1ccccc1. The zero-order chi connectivity index (χ0) is 22.2. The van der Waals surface area contributed by atoms with Gasteiger partial charge >= 0.3 is 0 Å². The van der Waals surface area contributed by atoms with E-state index in [1.807, 2.05) is 0 Å². The molecule has 0 spiro atoms. The molecule has 160 valence electrons. The van der Waals surface area contributed by atoms with E-state index in [4.69, 9.17) is 4.74 Å². The Bertz CT molecular complexity index is 873. The number of allylic oxidation sites excluding steroid dienone is 2. The van der Waals surface area contributed by atoms with Crippen LogP contribution in [0.25, 0.3) is 0 Å². The highest BCUT2D eigenvalue weighted by atomic mass is 28.3. The van der Waals surface area contributed by atoms with Crippen LogP contribution in [0.2, 0.25) is 25.7 Å². The Kier molecular flexibility index (Phi) is 7.84. The predicted octanol–water partition coefficient (Wildman–Crippen LogP) is 7.84. The van der Waals surface area contributed by atoms with Crippen LogP contribution in [-0.2, 0) is 10.3 Å². The monoisotopic (exact) mass is 426 g/mol. The molecule has 0 aliphatic carbocycles. The van der Waals surface area contributed by atoms with Crippen molar-refractivity contribution < 1.29 is 4.74 Å². The van der Waals surface area contributed by atoms with E-state index in [0.29, 0.717) is 6.61 Å². The van der Waals surface area contributed by atoms with E-state index < -0.39 is 13.7 Å². The first-order valence-electron chi connectivity index (χ1n) is 11.1. The van der Waals surface area contributed by atoms with Crippen LogP contribution in [0.1, 0.15) is 23.1 Å². The van der Waals surface area contributed by atoms with Gasteiger partial charge in [-0.1, -0.05) is 135 Å². The molecule has 0 atom stereocenters. The van der Waals surface area contributed by atoms with E-state index in [-0.39, 0.29) is 0 Å². The van der Waals surface area contributed by atoms with Crippen molar-refractivity contribution in [1.29, 1.82) is 0 Å².